The van der Waals surface area contributed by atoms with E-state index in [4.69, 9.17) is 0 Å². The summed E-state index contributed by atoms with van der Waals surface area (Å²) in [5.74, 6) is 0.152. The third-order valence-corrected chi connectivity index (χ3v) is 5.47. The number of amides is 2. The average Bonchev–Trinajstić information content (AvgIpc) is 2.74. The Kier molecular flexibility index (Phi) is 7.42. The number of aryl methyl sites for hydroxylation is 2. The number of carbonyl (C=O) groups excluding carboxylic acids is 2. The first-order valence-electron chi connectivity index (χ1n) is 10.4. The molecule has 0 spiro atoms. The average molecular weight is 394 g/mol. The fraction of sp³-hybridized carbons (Fsp3) is 0.417. The van der Waals surface area contributed by atoms with Crippen LogP contribution >= 0.6 is 0 Å². The monoisotopic (exact) mass is 393 g/mol. The van der Waals surface area contributed by atoms with Crippen LogP contribution in [0.1, 0.15) is 39.9 Å². The van der Waals surface area contributed by atoms with Gasteiger partial charge in [0, 0.05) is 44.7 Å². The Morgan fingerprint density at radius 3 is 2.17 bits per heavy atom. The number of nitrogens with zero attached hydrogens (tertiary/aromatic N) is 2. The SMILES string of the molecule is Cc1ccc(CCCC(=O)NCc2ccc(C(=O)N3CCN(C)CC3)cc2)cc1. The standard InChI is InChI=1S/C24H31N3O2/c1-19-6-8-20(9-7-19)4-3-5-23(28)25-18-21-10-12-22(13-11-21)24(29)27-16-14-26(2)15-17-27/h6-13H,3-5,14-18H2,1-2H3,(H,25,28). The van der Waals surface area contributed by atoms with Gasteiger partial charge < -0.3 is 15.1 Å². The molecule has 2 aromatic rings. The Hall–Kier alpha value is -2.66. The molecule has 1 fully saturated rings. The van der Waals surface area contributed by atoms with Crippen LogP contribution in [-0.4, -0.2) is 54.8 Å². The van der Waals surface area contributed by atoms with Crippen molar-refractivity contribution in [2.45, 2.75) is 32.7 Å². The van der Waals surface area contributed by atoms with Gasteiger partial charge >= 0.3 is 0 Å². The molecule has 0 bridgehead atoms. The quantitative estimate of drug-likeness (QED) is 0.787. The molecular formula is C24H31N3O2. The number of likely N-dealkylation sites (N-methyl/N-ethyl adjacent to an activating group) is 1. The first-order chi connectivity index (χ1) is 14.0. The van der Waals surface area contributed by atoms with Crippen molar-refractivity contribution < 1.29 is 9.59 Å². The summed E-state index contributed by atoms with van der Waals surface area (Å²) < 4.78 is 0. The minimum atomic E-state index is 0.0645. The summed E-state index contributed by atoms with van der Waals surface area (Å²) in [6, 6.07) is 16.0. The Morgan fingerprint density at radius 1 is 0.897 bits per heavy atom. The molecule has 0 atom stereocenters. The van der Waals surface area contributed by atoms with E-state index in [1.165, 1.54) is 11.1 Å². The van der Waals surface area contributed by atoms with Gasteiger partial charge in [-0.15, -0.1) is 0 Å². The molecule has 154 valence electrons. The van der Waals surface area contributed by atoms with E-state index in [0.717, 1.165) is 44.6 Å². The van der Waals surface area contributed by atoms with Gasteiger partial charge in [-0.3, -0.25) is 9.59 Å². The van der Waals surface area contributed by atoms with Crippen LogP contribution in [-0.2, 0) is 17.8 Å². The van der Waals surface area contributed by atoms with Crippen molar-refractivity contribution >= 4 is 11.8 Å². The summed E-state index contributed by atoms with van der Waals surface area (Å²) in [6.45, 7) is 5.95. The second-order valence-corrected chi connectivity index (χ2v) is 7.91. The third kappa shape index (κ3) is 6.43. The van der Waals surface area contributed by atoms with Gasteiger partial charge in [0.05, 0.1) is 0 Å². The zero-order valence-corrected chi connectivity index (χ0v) is 17.5. The van der Waals surface area contributed by atoms with E-state index in [-0.39, 0.29) is 11.8 Å². The van der Waals surface area contributed by atoms with Crippen LogP contribution in [0.5, 0.6) is 0 Å². The molecule has 1 aliphatic rings. The van der Waals surface area contributed by atoms with Crippen LogP contribution in [0.4, 0.5) is 0 Å². The van der Waals surface area contributed by atoms with E-state index in [0.29, 0.717) is 18.5 Å². The van der Waals surface area contributed by atoms with E-state index < -0.39 is 0 Å². The van der Waals surface area contributed by atoms with Gasteiger partial charge in [-0.25, -0.2) is 0 Å². The molecule has 0 radical (unpaired) electrons. The summed E-state index contributed by atoms with van der Waals surface area (Å²) in [5.41, 5.74) is 4.24. The number of benzene rings is 2. The number of hydrogen-bond donors (Lipinski definition) is 1. The fourth-order valence-electron chi connectivity index (χ4n) is 3.45. The van der Waals surface area contributed by atoms with Crippen molar-refractivity contribution in [3.8, 4) is 0 Å². The Morgan fingerprint density at radius 2 is 1.52 bits per heavy atom. The molecule has 1 heterocycles. The summed E-state index contributed by atoms with van der Waals surface area (Å²) in [7, 11) is 2.08. The van der Waals surface area contributed by atoms with Gasteiger partial charge in [0.2, 0.25) is 5.91 Å². The van der Waals surface area contributed by atoms with Gasteiger partial charge in [-0.1, -0.05) is 42.0 Å². The maximum absolute atomic E-state index is 12.6. The number of piperazine rings is 1. The molecule has 0 saturated carbocycles. The van der Waals surface area contributed by atoms with Crippen molar-refractivity contribution in [1.29, 1.82) is 0 Å². The molecule has 5 nitrogen and oxygen atoms in total. The van der Waals surface area contributed by atoms with Gasteiger partial charge in [0.25, 0.3) is 5.91 Å². The lowest BCUT2D eigenvalue weighted by atomic mass is 10.1. The third-order valence-electron chi connectivity index (χ3n) is 5.47. The maximum atomic E-state index is 12.6. The zero-order valence-electron chi connectivity index (χ0n) is 17.5. The zero-order chi connectivity index (χ0) is 20.6. The molecule has 0 unspecified atom stereocenters. The molecule has 0 aliphatic carbocycles. The van der Waals surface area contributed by atoms with Crippen molar-refractivity contribution in [2.24, 2.45) is 0 Å². The molecule has 5 heteroatoms. The van der Waals surface area contributed by atoms with E-state index in [2.05, 4.69) is 48.5 Å². The second kappa shape index (κ2) is 10.2. The predicted molar refractivity (Wildman–Crippen MR) is 116 cm³/mol. The largest absolute Gasteiger partial charge is 0.352 e. The van der Waals surface area contributed by atoms with Crippen molar-refractivity contribution in [3.05, 3.63) is 70.8 Å². The lowest BCUT2D eigenvalue weighted by Gasteiger charge is -2.32. The summed E-state index contributed by atoms with van der Waals surface area (Å²) >= 11 is 0. The topological polar surface area (TPSA) is 52.7 Å². The first kappa shape index (κ1) is 21.1. The smallest absolute Gasteiger partial charge is 0.253 e. The predicted octanol–water partition coefficient (Wildman–Crippen LogP) is 3.02. The van der Waals surface area contributed by atoms with Crippen LogP contribution in [0.2, 0.25) is 0 Å². The molecule has 0 aromatic heterocycles. The minimum absolute atomic E-state index is 0.0645. The number of hydrogen-bond acceptors (Lipinski definition) is 3. The van der Waals surface area contributed by atoms with E-state index in [1.807, 2.05) is 29.2 Å². The molecular weight excluding hydrogens is 362 g/mol. The van der Waals surface area contributed by atoms with Gasteiger partial charge in [-0.05, 0) is 50.1 Å². The van der Waals surface area contributed by atoms with Gasteiger partial charge in [-0.2, -0.15) is 0 Å². The highest BCUT2D eigenvalue weighted by Crippen LogP contribution is 2.11. The van der Waals surface area contributed by atoms with Crippen molar-refractivity contribution in [2.75, 3.05) is 33.2 Å². The number of nitrogens with one attached hydrogen (secondary N) is 1. The Labute approximate surface area is 173 Å². The van der Waals surface area contributed by atoms with Crippen molar-refractivity contribution in [3.63, 3.8) is 0 Å². The lowest BCUT2D eigenvalue weighted by Crippen LogP contribution is -2.47. The Balaban J connectivity index is 1.39. The molecule has 1 aliphatic heterocycles. The van der Waals surface area contributed by atoms with Crippen LogP contribution < -0.4 is 5.32 Å². The van der Waals surface area contributed by atoms with Gasteiger partial charge in [0.15, 0.2) is 0 Å². The molecule has 1 saturated heterocycles. The molecule has 2 aromatic carbocycles. The summed E-state index contributed by atoms with van der Waals surface area (Å²) in [4.78, 5) is 28.8. The van der Waals surface area contributed by atoms with E-state index >= 15 is 0 Å². The highest BCUT2D eigenvalue weighted by molar-refractivity contribution is 5.94. The van der Waals surface area contributed by atoms with E-state index in [9.17, 15) is 9.59 Å². The van der Waals surface area contributed by atoms with Crippen LogP contribution in [0.15, 0.2) is 48.5 Å². The summed E-state index contributed by atoms with van der Waals surface area (Å²) in [6.07, 6.45) is 2.28. The molecule has 3 rings (SSSR count). The summed E-state index contributed by atoms with van der Waals surface area (Å²) in [5, 5.41) is 2.97. The van der Waals surface area contributed by atoms with Crippen LogP contribution in [0.3, 0.4) is 0 Å². The Bertz CT molecular complexity index is 807. The minimum Gasteiger partial charge on any atom is -0.352 e. The molecule has 29 heavy (non-hydrogen) atoms. The van der Waals surface area contributed by atoms with Crippen LogP contribution in [0.25, 0.3) is 0 Å². The lowest BCUT2D eigenvalue weighted by molar-refractivity contribution is -0.121. The first-order valence-corrected chi connectivity index (χ1v) is 10.4. The maximum Gasteiger partial charge on any atom is 0.253 e. The van der Waals surface area contributed by atoms with Crippen molar-refractivity contribution in [1.82, 2.24) is 15.1 Å². The van der Waals surface area contributed by atoms with E-state index in [1.54, 1.807) is 0 Å². The second-order valence-electron chi connectivity index (χ2n) is 7.91. The highest BCUT2D eigenvalue weighted by atomic mass is 16.2. The fourth-order valence-corrected chi connectivity index (χ4v) is 3.45. The number of rotatable bonds is 7. The highest BCUT2D eigenvalue weighted by Gasteiger charge is 2.20. The molecule has 2 amide bonds. The van der Waals surface area contributed by atoms with Crippen LogP contribution in [0, 0.1) is 6.92 Å². The number of carbonyl (C=O) groups is 2. The normalized spacial score (nSPS) is 14.6. The molecule has 1 N–H and O–H groups in total. The van der Waals surface area contributed by atoms with Gasteiger partial charge in [0.1, 0.15) is 0 Å².